The standard InChI is InChI=1S/C13H15BrN2S/c1-9-8-17-13(16-9)11(7-15)5-10-3-2-4-12(14)6-10/h2-4,6,8,11H,5,7,15H2,1H3. The van der Waals surface area contributed by atoms with Gasteiger partial charge in [-0.15, -0.1) is 11.3 Å². The molecule has 2 aromatic rings. The van der Waals surface area contributed by atoms with Gasteiger partial charge in [0.25, 0.3) is 0 Å². The minimum absolute atomic E-state index is 0.322. The summed E-state index contributed by atoms with van der Waals surface area (Å²) in [5, 5.41) is 3.23. The first-order chi connectivity index (χ1) is 8.19. The predicted molar refractivity (Wildman–Crippen MR) is 76.5 cm³/mol. The zero-order valence-electron chi connectivity index (χ0n) is 9.69. The molecule has 0 aliphatic carbocycles. The van der Waals surface area contributed by atoms with Crippen molar-refractivity contribution in [2.75, 3.05) is 6.54 Å². The molecule has 4 heteroatoms. The Kier molecular flexibility index (Phi) is 4.31. The maximum absolute atomic E-state index is 5.85. The summed E-state index contributed by atoms with van der Waals surface area (Å²) < 4.78 is 1.11. The van der Waals surface area contributed by atoms with Crippen LogP contribution < -0.4 is 5.73 Å². The number of nitrogens with two attached hydrogens (primary N) is 1. The molecule has 1 atom stereocenters. The first-order valence-corrected chi connectivity index (χ1v) is 7.23. The Bertz CT molecular complexity index is 496. The fourth-order valence-electron chi connectivity index (χ4n) is 1.78. The fraction of sp³-hybridized carbons (Fsp3) is 0.308. The highest BCUT2D eigenvalue weighted by atomic mass is 79.9. The van der Waals surface area contributed by atoms with Gasteiger partial charge in [-0.05, 0) is 31.0 Å². The van der Waals surface area contributed by atoms with E-state index >= 15 is 0 Å². The van der Waals surface area contributed by atoms with Crippen molar-refractivity contribution in [3.63, 3.8) is 0 Å². The van der Waals surface area contributed by atoms with Crippen LogP contribution in [-0.4, -0.2) is 11.5 Å². The number of benzene rings is 1. The maximum Gasteiger partial charge on any atom is 0.0975 e. The number of hydrogen-bond donors (Lipinski definition) is 1. The monoisotopic (exact) mass is 310 g/mol. The Labute approximate surface area is 114 Å². The summed E-state index contributed by atoms with van der Waals surface area (Å²) >= 11 is 5.19. The van der Waals surface area contributed by atoms with Crippen LogP contribution in [0.15, 0.2) is 34.1 Å². The van der Waals surface area contributed by atoms with Crippen LogP contribution in [0.2, 0.25) is 0 Å². The minimum Gasteiger partial charge on any atom is -0.330 e. The number of hydrogen-bond acceptors (Lipinski definition) is 3. The second-order valence-corrected chi connectivity index (χ2v) is 5.90. The van der Waals surface area contributed by atoms with Crippen LogP contribution in [0.1, 0.15) is 22.2 Å². The van der Waals surface area contributed by atoms with Gasteiger partial charge in [-0.1, -0.05) is 28.1 Å². The molecule has 0 radical (unpaired) electrons. The van der Waals surface area contributed by atoms with Gasteiger partial charge in [-0.2, -0.15) is 0 Å². The number of rotatable bonds is 4. The van der Waals surface area contributed by atoms with Crippen LogP contribution in [0, 0.1) is 6.92 Å². The van der Waals surface area contributed by atoms with E-state index in [1.54, 1.807) is 11.3 Å². The maximum atomic E-state index is 5.85. The molecule has 1 heterocycles. The van der Waals surface area contributed by atoms with Gasteiger partial charge in [0.2, 0.25) is 0 Å². The van der Waals surface area contributed by atoms with Gasteiger partial charge in [-0.25, -0.2) is 4.98 Å². The van der Waals surface area contributed by atoms with E-state index in [1.807, 2.05) is 13.0 Å². The zero-order valence-corrected chi connectivity index (χ0v) is 12.1. The summed E-state index contributed by atoms with van der Waals surface area (Å²) in [7, 11) is 0. The number of nitrogens with zero attached hydrogens (tertiary/aromatic N) is 1. The summed E-state index contributed by atoms with van der Waals surface area (Å²) in [6.07, 6.45) is 0.947. The Morgan fingerprint density at radius 1 is 1.47 bits per heavy atom. The summed E-state index contributed by atoms with van der Waals surface area (Å²) in [6.45, 7) is 2.66. The fourth-order valence-corrected chi connectivity index (χ4v) is 3.14. The lowest BCUT2D eigenvalue weighted by molar-refractivity contribution is 0.687. The van der Waals surface area contributed by atoms with E-state index in [4.69, 9.17) is 5.73 Å². The number of aromatic nitrogens is 1. The molecule has 1 aromatic carbocycles. The molecule has 2 N–H and O–H groups in total. The average molecular weight is 311 g/mol. The molecule has 2 nitrogen and oxygen atoms in total. The highest BCUT2D eigenvalue weighted by Crippen LogP contribution is 2.24. The molecule has 0 saturated heterocycles. The molecule has 0 spiro atoms. The van der Waals surface area contributed by atoms with Gasteiger partial charge < -0.3 is 5.73 Å². The topological polar surface area (TPSA) is 38.9 Å². The predicted octanol–water partition coefficient (Wildman–Crippen LogP) is 3.50. The van der Waals surface area contributed by atoms with E-state index in [2.05, 4.69) is 44.5 Å². The van der Waals surface area contributed by atoms with Gasteiger partial charge in [0.1, 0.15) is 0 Å². The van der Waals surface area contributed by atoms with Gasteiger partial charge in [0.05, 0.1) is 5.01 Å². The van der Waals surface area contributed by atoms with Gasteiger partial charge in [0, 0.05) is 28.0 Å². The Balaban J connectivity index is 2.15. The number of thiazole rings is 1. The molecule has 1 unspecified atom stereocenters. The van der Waals surface area contributed by atoms with Crippen molar-refractivity contribution in [3.8, 4) is 0 Å². The molecule has 0 amide bonds. The molecule has 1 aromatic heterocycles. The largest absolute Gasteiger partial charge is 0.330 e. The van der Waals surface area contributed by atoms with Crippen LogP contribution in [0.5, 0.6) is 0 Å². The Morgan fingerprint density at radius 2 is 2.29 bits per heavy atom. The van der Waals surface area contributed by atoms with Gasteiger partial charge in [0.15, 0.2) is 0 Å². The van der Waals surface area contributed by atoms with Crippen LogP contribution in [0.3, 0.4) is 0 Å². The molecule has 17 heavy (non-hydrogen) atoms. The molecule has 0 fully saturated rings. The third-order valence-corrected chi connectivity index (χ3v) is 4.26. The lowest BCUT2D eigenvalue weighted by Crippen LogP contribution is -2.14. The molecular weight excluding hydrogens is 296 g/mol. The van der Waals surface area contributed by atoms with Crippen LogP contribution >= 0.6 is 27.3 Å². The molecule has 0 saturated carbocycles. The van der Waals surface area contributed by atoms with Crippen molar-refractivity contribution in [2.45, 2.75) is 19.3 Å². The normalized spacial score (nSPS) is 12.6. The third kappa shape index (κ3) is 3.37. The molecule has 90 valence electrons. The Hall–Kier alpha value is -0.710. The number of aryl methyl sites for hydroxylation is 1. The molecule has 2 rings (SSSR count). The molecular formula is C13H15BrN2S. The van der Waals surface area contributed by atoms with Gasteiger partial charge >= 0.3 is 0 Å². The van der Waals surface area contributed by atoms with Crippen molar-refractivity contribution in [3.05, 3.63) is 50.4 Å². The average Bonchev–Trinajstić information content (AvgIpc) is 2.73. The van der Waals surface area contributed by atoms with Crippen molar-refractivity contribution in [2.24, 2.45) is 5.73 Å². The van der Waals surface area contributed by atoms with Crippen molar-refractivity contribution < 1.29 is 0 Å². The van der Waals surface area contributed by atoms with Crippen molar-refractivity contribution >= 4 is 27.3 Å². The highest BCUT2D eigenvalue weighted by Gasteiger charge is 2.14. The highest BCUT2D eigenvalue weighted by molar-refractivity contribution is 9.10. The van der Waals surface area contributed by atoms with Crippen molar-refractivity contribution in [1.29, 1.82) is 0 Å². The minimum atomic E-state index is 0.322. The summed E-state index contributed by atoms with van der Waals surface area (Å²) in [4.78, 5) is 4.53. The molecule has 0 aliphatic heterocycles. The lowest BCUT2D eigenvalue weighted by atomic mass is 10.0. The van der Waals surface area contributed by atoms with Crippen LogP contribution in [0.4, 0.5) is 0 Å². The van der Waals surface area contributed by atoms with E-state index < -0.39 is 0 Å². The first kappa shape index (κ1) is 12.7. The smallest absolute Gasteiger partial charge is 0.0975 e. The SMILES string of the molecule is Cc1csc(C(CN)Cc2cccc(Br)c2)n1. The second-order valence-electron chi connectivity index (χ2n) is 4.09. The van der Waals surface area contributed by atoms with E-state index in [9.17, 15) is 0 Å². The summed E-state index contributed by atoms with van der Waals surface area (Å²) in [5.74, 6) is 0.322. The second kappa shape index (κ2) is 5.76. The van der Waals surface area contributed by atoms with E-state index in [1.165, 1.54) is 5.56 Å². The zero-order chi connectivity index (χ0) is 12.3. The van der Waals surface area contributed by atoms with E-state index in [0.29, 0.717) is 12.5 Å². The lowest BCUT2D eigenvalue weighted by Gasteiger charge is -2.12. The third-order valence-electron chi connectivity index (χ3n) is 2.64. The molecule has 0 bridgehead atoms. The van der Waals surface area contributed by atoms with Crippen LogP contribution in [-0.2, 0) is 6.42 Å². The van der Waals surface area contributed by atoms with E-state index in [0.717, 1.165) is 21.6 Å². The molecule has 0 aliphatic rings. The first-order valence-electron chi connectivity index (χ1n) is 5.55. The number of halogens is 1. The van der Waals surface area contributed by atoms with Gasteiger partial charge in [-0.3, -0.25) is 0 Å². The van der Waals surface area contributed by atoms with Crippen molar-refractivity contribution in [1.82, 2.24) is 4.98 Å². The quantitative estimate of drug-likeness (QED) is 0.938. The van der Waals surface area contributed by atoms with E-state index in [-0.39, 0.29) is 0 Å². The summed E-state index contributed by atoms with van der Waals surface area (Å²) in [5.41, 5.74) is 8.23. The van der Waals surface area contributed by atoms with Crippen LogP contribution in [0.25, 0.3) is 0 Å². The summed E-state index contributed by atoms with van der Waals surface area (Å²) in [6, 6.07) is 8.37. The Morgan fingerprint density at radius 3 is 2.88 bits per heavy atom.